The van der Waals surface area contributed by atoms with Gasteiger partial charge in [0, 0.05) is 25.3 Å². The van der Waals surface area contributed by atoms with Crippen LogP contribution in [-0.2, 0) is 6.42 Å². The topological polar surface area (TPSA) is 52.6 Å². The molecule has 4 heteroatoms. The van der Waals surface area contributed by atoms with Gasteiger partial charge in [0.05, 0.1) is 0 Å². The summed E-state index contributed by atoms with van der Waals surface area (Å²) in [5, 5.41) is 12.4. The van der Waals surface area contributed by atoms with Crippen LogP contribution in [0.4, 0.5) is 0 Å². The second-order valence-electron chi connectivity index (χ2n) is 5.45. The van der Waals surface area contributed by atoms with Crippen LogP contribution in [0, 0.1) is 5.92 Å². The number of aliphatic hydroxyl groups excluding tert-OH is 1. The third-order valence-electron chi connectivity index (χ3n) is 3.96. The summed E-state index contributed by atoms with van der Waals surface area (Å²) in [7, 11) is 1.92. The van der Waals surface area contributed by atoms with E-state index in [0.717, 1.165) is 43.5 Å². The van der Waals surface area contributed by atoms with Crippen LogP contribution >= 0.6 is 0 Å². The van der Waals surface area contributed by atoms with Crippen molar-refractivity contribution in [3.63, 3.8) is 0 Å². The van der Waals surface area contributed by atoms with E-state index < -0.39 is 0 Å². The molecular weight excluding hydrogens is 252 g/mol. The summed E-state index contributed by atoms with van der Waals surface area (Å²) >= 11 is 0. The Bertz CT molecular complexity index is 448. The molecule has 1 aromatic rings. The number of carbonyl (C=O) groups is 1. The van der Waals surface area contributed by atoms with Gasteiger partial charge in [-0.1, -0.05) is 18.2 Å². The van der Waals surface area contributed by atoms with E-state index in [1.807, 2.05) is 36.2 Å². The number of hydrogen-bond acceptors (Lipinski definition) is 3. The van der Waals surface area contributed by atoms with Gasteiger partial charge in [0.25, 0.3) is 5.91 Å². The van der Waals surface area contributed by atoms with Crippen molar-refractivity contribution in [1.29, 1.82) is 0 Å². The Hall–Kier alpha value is -1.39. The second kappa shape index (κ2) is 7.41. The quantitative estimate of drug-likeness (QED) is 0.852. The number of nitrogens with zero attached hydrogens (tertiary/aromatic N) is 1. The average molecular weight is 276 g/mol. The number of carbonyl (C=O) groups excluding carboxylic acids is 1. The SMILES string of the molecule is CNCCc1ccccc1C(=O)N1CCCC(CO)C1. The zero-order chi connectivity index (χ0) is 14.4. The fraction of sp³-hybridized carbons (Fsp3) is 0.562. The summed E-state index contributed by atoms with van der Waals surface area (Å²) in [4.78, 5) is 14.6. The molecule has 0 saturated carbocycles. The van der Waals surface area contributed by atoms with Crippen LogP contribution in [0.25, 0.3) is 0 Å². The van der Waals surface area contributed by atoms with Crippen LogP contribution in [-0.4, -0.2) is 49.2 Å². The monoisotopic (exact) mass is 276 g/mol. The number of hydrogen-bond donors (Lipinski definition) is 2. The van der Waals surface area contributed by atoms with Gasteiger partial charge in [-0.2, -0.15) is 0 Å². The average Bonchev–Trinajstić information content (AvgIpc) is 2.52. The highest BCUT2D eigenvalue weighted by Crippen LogP contribution is 2.20. The lowest BCUT2D eigenvalue weighted by Crippen LogP contribution is -2.41. The number of likely N-dealkylation sites (tertiary alicyclic amines) is 1. The van der Waals surface area contributed by atoms with E-state index in [-0.39, 0.29) is 18.4 Å². The maximum absolute atomic E-state index is 12.7. The minimum absolute atomic E-state index is 0.106. The maximum atomic E-state index is 12.7. The summed E-state index contributed by atoms with van der Waals surface area (Å²) in [6, 6.07) is 7.84. The van der Waals surface area contributed by atoms with Crippen molar-refractivity contribution in [1.82, 2.24) is 10.2 Å². The molecule has 1 atom stereocenters. The first-order valence-electron chi connectivity index (χ1n) is 7.39. The molecule has 1 aromatic carbocycles. The highest BCUT2D eigenvalue weighted by atomic mass is 16.3. The fourth-order valence-corrected chi connectivity index (χ4v) is 2.78. The highest BCUT2D eigenvalue weighted by Gasteiger charge is 2.25. The molecule has 110 valence electrons. The molecule has 1 aliphatic rings. The molecule has 1 unspecified atom stereocenters. The molecule has 1 heterocycles. The van der Waals surface area contributed by atoms with Crippen molar-refractivity contribution in [2.24, 2.45) is 5.92 Å². The van der Waals surface area contributed by atoms with E-state index in [4.69, 9.17) is 0 Å². The molecule has 0 radical (unpaired) electrons. The predicted octanol–water partition coefficient (Wildman–Crippen LogP) is 1.29. The third-order valence-corrected chi connectivity index (χ3v) is 3.96. The number of likely N-dealkylation sites (N-methyl/N-ethyl adjacent to an activating group) is 1. The smallest absolute Gasteiger partial charge is 0.254 e. The van der Waals surface area contributed by atoms with E-state index in [9.17, 15) is 9.90 Å². The van der Waals surface area contributed by atoms with Crippen molar-refractivity contribution in [3.8, 4) is 0 Å². The number of amides is 1. The first-order chi connectivity index (χ1) is 9.76. The molecule has 2 N–H and O–H groups in total. The molecule has 2 rings (SSSR count). The van der Waals surface area contributed by atoms with Crippen molar-refractivity contribution in [3.05, 3.63) is 35.4 Å². The lowest BCUT2D eigenvalue weighted by Gasteiger charge is -2.32. The minimum atomic E-state index is 0.106. The Morgan fingerprint density at radius 3 is 3.00 bits per heavy atom. The van der Waals surface area contributed by atoms with Gasteiger partial charge in [0.2, 0.25) is 0 Å². The molecule has 4 nitrogen and oxygen atoms in total. The molecule has 0 aliphatic carbocycles. The Kier molecular flexibility index (Phi) is 5.56. The van der Waals surface area contributed by atoms with Gasteiger partial charge in [-0.25, -0.2) is 0 Å². The first-order valence-corrected chi connectivity index (χ1v) is 7.39. The van der Waals surface area contributed by atoms with Crippen molar-refractivity contribution >= 4 is 5.91 Å². The normalized spacial score (nSPS) is 19.1. The largest absolute Gasteiger partial charge is 0.396 e. The van der Waals surface area contributed by atoms with Crippen LogP contribution in [0.15, 0.2) is 24.3 Å². The van der Waals surface area contributed by atoms with Crippen LogP contribution in [0.3, 0.4) is 0 Å². The van der Waals surface area contributed by atoms with Gasteiger partial charge >= 0.3 is 0 Å². The highest BCUT2D eigenvalue weighted by molar-refractivity contribution is 5.95. The summed E-state index contributed by atoms with van der Waals surface area (Å²) in [6.45, 7) is 2.51. The minimum Gasteiger partial charge on any atom is -0.396 e. The zero-order valence-electron chi connectivity index (χ0n) is 12.1. The molecule has 0 aromatic heterocycles. The van der Waals surface area contributed by atoms with Gasteiger partial charge in [-0.15, -0.1) is 0 Å². The second-order valence-corrected chi connectivity index (χ2v) is 5.45. The lowest BCUT2D eigenvalue weighted by atomic mass is 9.97. The van der Waals surface area contributed by atoms with Crippen molar-refractivity contribution < 1.29 is 9.90 Å². The molecule has 1 saturated heterocycles. The van der Waals surface area contributed by atoms with Gasteiger partial charge < -0.3 is 15.3 Å². The first kappa shape index (κ1) is 15.0. The Balaban J connectivity index is 2.11. The van der Waals surface area contributed by atoms with Gasteiger partial charge in [0.15, 0.2) is 0 Å². The number of rotatable bonds is 5. The number of aliphatic hydroxyl groups is 1. The summed E-state index contributed by atoms with van der Waals surface area (Å²) < 4.78 is 0. The number of piperidine rings is 1. The Morgan fingerprint density at radius 2 is 2.25 bits per heavy atom. The van der Waals surface area contributed by atoms with Gasteiger partial charge in [0.1, 0.15) is 0 Å². The third kappa shape index (κ3) is 3.58. The van der Waals surface area contributed by atoms with Gasteiger partial charge in [-0.05, 0) is 50.4 Å². The van der Waals surface area contributed by atoms with E-state index in [1.165, 1.54) is 0 Å². The summed E-state index contributed by atoms with van der Waals surface area (Å²) in [5.41, 5.74) is 1.90. The van der Waals surface area contributed by atoms with E-state index in [2.05, 4.69) is 5.32 Å². The molecule has 0 spiro atoms. The van der Waals surface area contributed by atoms with Crippen LogP contribution < -0.4 is 5.32 Å². The molecule has 1 fully saturated rings. The lowest BCUT2D eigenvalue weighted by molar-refractivity contribution is 0.0619. The molecular formula is C16H24N2O2. The van der Waals surface area contributed by atoms with Crippen molar-refractivity contribution in [2.45, 2.75) is 19.3 Å². The number of benzene rings is 1. The Morgan fingerprint density at radius 1 is 1.45 bits per heavy atom. The van der Waals surface area contributed by atoms with Crippen molar-refractivity contribution in [2.75, 3.05) is 33.3 Å². The standard InChI is InChI=1S/C16H24N2O2/c1-17-9-8-14-6-2-3-7-15(14)16(20)18-10-4-5-13(11-18)12-19/h2-3,6-7,13,17,19H,4-5,8-12H2,1H3. The van der Waals surface area contributed by atoms with Crippen LogP contribution in [0.2, 0.25) is 0 Å². The zero-order valence-corrected chi connectivity index (χ0v) is 12.1. The summed E-state index contributed by atoms with van der Waals surface area (Å²) in [5.74, 6) is 0.340. The fourth-order valence-electron chi connectivity index (χ4n) is 2.78. The number of nitrogens with one attached hydrogen (secondary N) is 1. The molecule has 1 aliphatic heterocycles. The predicted molar refractivity (Wildman–Crippen MR) is 79.8 cm³/mol. The Labute approximate surface area is 120 Å². The molecule has 20 heavy (non-hydrogen) atoms. The van der Waals surface area contributed by atoms with E-state index in [1.54, 1.807) is 0 Å². The summed E-state index contributed by atoms with van der Waals surface area (Å²) in [6.07, 6.45) is 2.85. The van der Waals surface area contributed by atoms with Crippen LogP contribution in [0.5, 0.6) is 0 Å². The van der Waals surface area contributed by atoms with E-state index in [0.29, 0.717) is 6.54 Å². The van der Waals surface area contributed by atoms with E-state index >= 15 is 0 Å². The molecule has 1 amide bonds. The maximum Gasteiger partial charge on any atom is 0.254 e. The van der Waals surface area contributed by atoms with Crippen LogP contribution in [0.1, 0.15) is 28.8 Å². The van der Waals surface area contributed by atoms with Gasteiger partial charge in [-0.3, -0.25) is 4.79 Å². The molecule has 0 bridgehead atoms.